The highest BCUT2D eigenvalue weighted by Crippen LogP contribution is 2.22. The lowest BCUT2D eigenvalue weighted by Crippen LogP contribution is -2.59. The van der Waals surface area contributed by atoms with Gasteiger partial charge in [-0.2, -0.15) is 0 Å². The van der Waals surface area contributed by atoms with E-state index >= 15 is 0 Å². The second-order valence-corrected chi connectivity index (χ2v) is 16.3. The molecule has 1 heterocycles. The zero-order chi connectivity index (χ0) is 44.4. The quantitative estimate of drug-likeness (QED) is 0.0155. The summed E-state index contributed by atoms with van der Waals surface area (Å²) in [6.45, 7) is 3.25. The fraction of sp³-hybridized carbons (Fsp3) is 0.725. The molecule has 0 amide bonds. The maximum Gasteiger partial charge on any atom is 0.331 e. The standard InChI is InChI=1S/C51H86O10/c1-3-5-7-9-11-13-15-17-19-20-21-22-23-24-26-27-29-31-33-35-37-39-46(53)58-42-44(43-59-51-50(57)49(56)48(55)45(41-52)61-51)60-47(54)40-38-36-34-32-30-28-25-18-16-14-12-10-8-6-4-2/h19-20,22-23,26-27,31,33-34,36,38,40,44-45,48-52,55-57H,3-18,21,24-25,28-30,32,35,37,39,41-43H2,1-2H3/b20-19+,23-22+,27-26+,33-31+,36-34+,40-38+/t44-,45-,48+,49?,50?,51-/m0/s1. The normalized spacial score (nSPS) is 20.4. The minimum atomic E-state index is -1.62. The van der Waals surface area contributed by atoms with Crippen molar-refractivity contribution in [2.75, 3.05) is 19.8 Å². The van der Waals surface area contributed by atoms with Gasteiger partial charge in [0.2, 0.25) is 0 Å². The molecule has 10 nitrogen and oxygen atoms in total. The molecule has 0 aromatic rings. The summed E-state index contributed by atoms with van der Waals surface area (Å²) in [5, 5.41) is 40.1. The largest absolute Gasteiger partial charge is 0.462 e. The average molecular weight is 859 g/mol. The van der Waals surface area contributed by atoms with Gasteiger partial charge in [0, 0.05) is 12.5 Å². The molecule has 0 bridgehead atoms. The third-order valence-corrected chi connectivity index (χ3v) is 10.7. The van der Waals surface area contributed by atoms with Crippen LogP contribution in [0.1, 0.15) is 181 Å². The molecule has 1 aliphatic heterocycles. The van der Waals surface area contributed by atoms with Gasteiger partial charge in [-0.15, -0.1) is 0 Å². The van der Waals surface area contributed by atoms with Crippen molar-refractivity contribution < 1.29 is 49.0 Å². The Labute approximate surface area is 370 Å². The molecule has 4 N–H and O–H groups in total. The number of unbranched alkanes of at least 4 members (excludes halogenated alkanes) is 19. The van der Waals surface area contributed by atoms with Gasteiger partial charge >= 0.3 is 11.9 Å². The Bertz CT molecular complexity index is 1220. The van der Waals surface area contributed by atoms with Crippen LogP contribution in [0.15, 0.2) is 72.9 Å². The fourth-order valence-corrected chi connectivity index (χ4v) is 6.85. The van der Waals surface area contributed by atoms with E-state index in [1.807, 2.05) is 12.2 Å². The highest BCUT2D eigenvalue weighted by molar-refractivity contribution is 5.82. The molecular weight excluding hydrogens is 773 g/mol. The summed E-state index contributed by atoms with van der Waals surface area (Å²) in [5.74, 6) is -1.13. The van der Waals surface area contributed by atoms with Crippen LogP contribution in [0.4, 0.5) is 0 Å². The predicted octanol–water partition coefficient (Wildman–Crippen LogP) is 10.8. The lowest BCUT2D eigenvalue weighted by Gasteiger charge is -2.39. The molecule has 10 heteroatoms. The first-order chi connectivity index (χ1) is 29.8. The summed E-state index contributed by atoms with van der Waals surface area (Å²) < 4.78 is 21.9. The molecule has 0 aliphatic carbocycles. The smallest absolute Gasteiger partial charge is 0.331 e. The van der Waals surface area contributed by atoms with Gasteiger partial charge in [0.25, 0.3) is 0 Å². The number of esters is 2. The van der Waals surface area contributed by atoms with Crippen LogP contribution in [0.2, 0.25) is 0 Å². The first-order valence-corrected chi connectivity index (χ1v) is 24.0. The van der Waals surface area contributed by atoms with E-state index in [9.17, 15) is 30.0 Å². The Morgan fingerprint density at radius 2 is 1.03 bits per heavy atom. The van der Waals surface area contributed by atoms with Crippen LogP contribution in [-0.2, 0) is 28.5 Å². The van der Waals surface area contributed by atoms with Gasteiger partial charge in [0.1, 0.15) is 31.0 Å². The summed E-state index contributed by atoms with van der Waals surface area (Å²) in [4.78, 5) is 25.2. The molecule has 1 fully saturated rings. The number of ether oxygens (including phenoxy) is 4. The van der Waals surface area contributed by atoms with E-state index in [4.69, 9.17) is 18.9 Å². The Morgan fingerprint density at radius 1 is 0.557 bits per heavy atom. The van der Waals surface area contributed by atoms with Crippen molar-refractivity contribution in [3.63, 3.8) is 0 Å². The van der Waals surface area contributed by atoms with Crippen molar-refractivity contribution >= 4 is 11.9 Å². The van der Waals surface area contributed by atoms with Crippen molar-refractivity contribution in [3.05, 3.63) is 72.9 Å². The summed E-state index contributed by atoms with van der Waals surface area (Å²) in [7, 11) is 0. The third kappa shape index (κ3) is 32.5. The van der Waals surface area contributed by atoms with E-state index < -0.39 is 55.4 Å². The van der Waals surface area contributed by atoms with Gasteiger partial charge < -0.3 is 39.4 Å². The first kappa shape index (κ1) is 56.2. The minimum Gasteiger partial charge on any atom is -0.462 e. The van der Waals surface area contributed by atoms with E-state index in [0.29, 0.717) is 12.8 Å². The molecule has 1 saturated heterocycles. The highest BCUT2D eigenvalue weighted by atomic mass is 16.7. The van der Waals surface area contributed by atoms with Crippen LogP contribution in [-0.4, -0.2) is 89.0 Å². The van der Waals surface area contributed by atoms with Gasteiger partial charge in [-0.1, -0.05) is 183 Å². The number of carbonyl (C=O) groups excluding carboxylic acids is 2. The van der Waals surface area contributed by atoms with Crippen LogP contribution in [0.5, 0.6) is 0 Å². The Hall–Kier alpha value is -2.86. The summed E-state index contributed by atoms with van der Waals surface area (Å²) in [5.41, 5.74) is 0. The lowest BCUT2D eigenvalue weighted by molar-refractivity contribution is -0.305. The van der Waals surface area contributed by atoms with Crippen LogP contribution in [0.25, 0.3) is 0 Å². The van der Waals surface area contributed by atoms with Crippen molar-refractivity contribution in [2.45, 2.75) is 218 Å². The summed E-state index contributed by atoms with van der Waals surface area (Å²) >= 11 is 0. The number of allylic oxidation sites excluding steroid dienone is 11. The van der Waals surface area contributed by atoms with Crippen molar-refractivity contribution in [3.8, 4) is 0 Å². The van der Waals surface area contributed by atoms with E-state index in [0.717, 1.165) is 32.1 Å². The van der Waals surface area contributed by atoms with E-state index in [2.05, 4.69) is 56.4 Å². The molecule has 350 valence electrons. The number of hydrogen-bond donors (Lipinski definition) is 4. The molecular formula is C51H86O10. The zero-order valence-corrected chi connectivity index (χ0v) is 38.1. The lowest BCUT2D eigenvalue weighted by atomic mass is 9.99. The van der Waals surface area contributed by atoms with Crippen molar-refractivity contribution in [1.29, 1.82) is 0 Å². The van der Waals surface area contributed by atoms with E-state index in [1.54, 1.807) is 12.2 Å². The van der Waals surface area contributed by atoms with E-state index in [1.165, 1.54) is 122 Å². The SMILES string of the molecule is CCCCCCCCC/C=C/C/C=C/C/C=C/C/C=C/CCCC(=O)OC[C@@H](CO[C@H]1O[C@@H](CO)[C@@H](O)C(O)C1O)OC(=O)/C=C/C=C/CCCCCCCCCCCCC. The second-order valence-electron chi connectivity index (χ2n) is 16.3. The molecule has 6 atom stereocenters. The topological polar surface area (TPSA) is 152 Å². The van der Waals surface area contributed by atoms with Gasteiger partial charge in [0.15, 0.2) is 12.4 Å². The molecule has 0 spiro atoms. The van der Waals surface area contributed by atoms with Crippen LogP contribution in [0, 0.1) is 0 Å². The van der Waals surface area contributed by atoms with Crippen LogP contribution in [0.3, 0.4) is 0 Å². The Kier molecular flexibility index (Phi) is 37.9. The number of rotatable bonds is 39. The Balaban J connectivity index is 2.39. The minimum absolute atomic E-state index is 0.177. The molecule has 0 aromatic carbocycles. The summed E-state index contributed by atoms with van der Waals surface area (Å²) in [6.07, 6.45) is 45.5. The number of hydrogen-bond acceptors (Lipinski definition) is 10. The summed E-state index contributed by atoms with van der Waals surface area (Å²) in [6, 6.07) is 0. The third-order valence-electron chi connectivity index (χ3n) is 10.7. The molecule has 0 saturated carbocycles. The second kappa shape index (κ2) is 41.2. The molecule has 1 rings (SSSR count). The zero-order valence-electron chi connectivity index (χ0n) is 38.1. The van der Waals surface area contributed by atoms with Gasteiger partial charge in [0.05, 0.1) is 13.2 Å². The molecule has 61 heavy (non-hydrogen) atoms. The fourth-order valence-electron chi connectivity index (χ4n) is 6.85. The van der Waals surface area contributed by atoms with Crippen molar-refractivity contribution in [2.24, 2.45) is 0 Å². The molecule has 0 radical (unpaired) electrons. The number of carbonyl (C=O) groups is 2. The number of aliphatic hydroxyl groups is 4. The predicted molar refractivity (Wildman–Crippen MR) is 247 cm³/mol. The average Bonchev–Trinajstić information content (AvgIpc) is 3.26. The van der Waals surface area contributed by atoms with Gasteiger partial charge in [-0.25, -0.2) is 4.79 Å². The van der Waals surface area contributed by atoms with Crippen LogP contribution >= 0.6 is 0 Å². The molecule has 2 unspecified atom stereocenters. The maximum absolute atomic E-state index is 12.7. The maximum atomic E-state index is 12.7. The molecule has 0 aromatic heterocycles. The van der Waals surface area contributed by atoms with Gasteiger partial charge in [-0.05, 0) is 57.8 Å². The number of aliphatic hydroxyl groups excluding tert-OH is 4. The Morgan fingerprint density at radius 3 is 1.56 bits per heavy atom. The highest BCUT2D eigenvalue weighted by Gasteiger charge is 2.44. The van der Waals surface area contributed by atoms with Crippen LogP contribution < -0.4 is 0 Å². The van der Waals surface area contributed by atoms with Gasteiger partial charge in [-0.3, -0.25) is 4.79 Å². The molecule has 1 aliphatic rings. The van der Waals surface area contributed by atoms with Crippen molar-refractivity contribution in [1.82, 2.24) is 0 Å². The first-order valence-electron chi connectivity index (χ1n) is 24.0. The monoisotopic (exact) mass is 859 g/mol. The van der Waals surface area contributed by atoms with E-state index in [-0.39, 0.29) is 19.6 Å².